The van der Waals surface area contributed by atoms with Crippen molar-refractivity contribution in [2.45, 2.75) is 0 Å². The Bertz CT molecular complexity index is 1010. The number of halogens is 3. The number of hydrogen-bond donors (Lipinski definition) is 0. The monoisotopic (exact) mass is 353 g/mol. The van der Waals surface area contributed by atoms with Gasteiger partial charge in [0.25, 0.3) is 0 Å². The number of pyridine rings is 1. The van der Waals surface area contributed by atoms with E-state index in [0.29, 0.717) is 11.2 Å². The molecule has 0 saturated carbocycles. The lowest BCUT2D eigenvalue weighted by molar-refractivity contribution is 0.589. The van der Waals surface area contributed by atoms with E-state index in [4.69, 9.17) is 0 Å². The summed E-state index contributed by atoms with van der Waals surface area (Å²) < 4.78 is 28.4. The summed E-state index contributed by atoms with van der Waals surface area (Å²) in [5.41, 5.74) is 2.79. The molecule has 3 aromatic carbocycles. The van der Waals surface area contributed by atoms with Crippen LogP contribution in [0.5, 0.6) is 0 Å². The van der Waals surface area contributed by atoms with Gasteiger partial charge in [-0.2, -0.15) is 0 Å². The zero-order chi connectivity index (χ0) is 16.5. The van der Waals surface area contributed by atoms with Gasteiger partial charge in [-0.05, 0) is 35.4 Å². The summed E-state index contributed by atoms with van der Waals surface area (Å²) in [6.45, 7) is 0. The maximum atomic E-state index is 14.2. The SMILES string of the molecule is Cl.Fc1cccc(F)c1-c1cc(-c2ccccc2)c2ccccc2n1. The third-order valence-electron chi connectivity index (χ3n) is 4.02. The maximum Gasteiger partial charge on any atom is 0.135 e. The summed E-state index contributed by atoms with van der Waals surface area (Å²) in [5.74, 6) is -1.23. The average molecular weight is 354 g/mol. The Labute approximate surface area is 150 Å². The fourth-order valence-electron chi connectivity index (χ4n) is 2.90. The van der Waals surface area contributed by atoms with Gasteiger partial charge in [0, 0.05) is 5.39 Å². The molecule has 124 valence electrons. The zero-order valence-corrected chi connectivity index (χ0v) is 13.9. The van der Waals surface area contributed by atoms with E-state index < -0.39 is 11.6 Å². The first-order valence-electron chi connectivity index (χ1n) is 7.63. The highest BCUT2D eigenvalue weighted by Gasteiger charge is 2.15. The summed E-state index contributed by atoms with van der Waals surface area (Å²) in [6, 6.07) is 23.0. The van der Waals surface area contributed by atoms with Gasteiger partial charge < -0.3 is 0 Å². The molecular formula is C21H14ClF2N. The summed E-state index contributed by atoms with van der Waals surface area (Å²) >= 11 is 0. The maximum absolute atomic E-state index is 14.2. The second-order valence-corrected chi connectivity index (χ2v) is 5.53. The fourth-order valence-corrected chi connectivity index (χ4v) is 2.90. The van der Waals surface area contributed by atoms with Crippen LogP contribution < -0.4 is 0 Å². The number of hydrogen-bond acceptors (Lipinski definition) is 1. The number of fused-ring (bicyclic) bond motifs is 1. The van der Waals surface area contributed by atoms with Gasteiger partial charge in [0.2, 0.25) is 0 Å². The number of rotatable bonds is 2. The van der Waals surface area contributed by atoms with Crippen LogP contribution in [0.1, 0.15) is 0 Å². The number of aromatic nitrogens is 1. The van der Waals surface area contributed by atoms with E-state index in [-0.39, 0.29) is 18.0 Å². The van der Waals surface area contributed by atoms with Crippen LogP contribution >= 0.6 is 12.4 Å². The van der Waals surface area contributed by atoms with Crippen molar-refractivity contribution in [1.82, 2.24) is 4.98 Å². The van der Waals surface area contributed by atoms with Crippen LogP contribution in [-0.2, 0) is 0 Å². The van der Waals surface area contributed by atoms with E-state index in [9.17, 15) is 8.78 Å². The molecule has 25 heavy (non-hydrogen) atoms. The van der Waals surface area contributed by atoms with Crippen molar-refractivity contribution in [2.75, 3.05) is 0 Å². The molecule has 0 aliphatic carbocycles. The van der Waals surface area contributed by atoms with Gasteiger partial charge in [-0.25, -0.2) is 13.8 Å². The molecule has 1 aromatic heterocycles. The van der Waals surface area contributed by atoms with Gasteiger partial charge in [-0.15, -0.1) is 12.4 Å². The van der Waals surface area contributed by atoms with Gasteiger partial charge in [-0.1, -0.05) is 54.6 Å². The van der Waals surface area contributed by atoms with Gasteiger partial charge in [0.15, 0.2) is 0 Å². The zero-order valence-electron chi connectivity index (χ0n) is 13.1. The minimum absolute atomic E-state index is 0. The number of benzene rings is 3. The van der Waals surface area contributed by atoms with Crippen LogP contribution in [-0.4, -0.2) is 4.98 Å². The predicted octanol–water partition coefficient (Wildman–Crippen LogP) is 6.27. The molecule has 0 unspecified atom stereocenters. The molecule has 0 atom stereocenters. The first-order chi connectivity index (χ1) is 11.7. The molecule has 1 nitrogen and oxygen atoms in total. The highest BCUT2D eigenvalue weighted by molar-refractivity contribution is 5.96. The number of para-hydroxylation sites is 1. The highest BCUT2D eigenvalue weighted by Crippen LogP contribution is 2.33. The van der Waals surface area contributed by atoms with Crippen molar-refractivity contribution in [3.63, 3.8) is 0 Å². The molecule has 0 aliphatic rings. The third kappa shape index (κ3) is 3.11. The minimum Gasteiger partial charge on any atom is -0.248 e. The van der Waals surface area contributed by atoms with Crippen LogP contribution in [0.4, 0.5) is 8.78 Å². The molecule has 0 bridgehead atoms. The quantitative estimate of drug-likeness (QED) is 0.414. The Morgan fingerprint density at radius 3 is 2.04 bits per heavy atom. The molecule has 0 fully saturated rings. The summed E-state index contributed by atoms with van der Waals surface area (Å²) in [5, 5.41) is 0.948. The Hall–Kier alpha value is -2.78. The lowest BCUT2D eigenvalue weighted by atomic mass is 9.98. The van der Waals surface area contributed by atoms with Crippen molar-refractivity contribution < 1.29 is 8.78 Å². The molecule has 0 amide bonds. The smallest absolute Gasteiger partial charge is 0.135 e. The topological polar surface area (TPSA) is 12.9 Å². The van der Waals surface area contributed by atoms with Crippen molar-refractivity contribution >= 4 is 23.3 Å². The molecule has 1 heterocycles. The molecular weight excluding hydrogens is 340 g/mol. The van der Waals surface area contributed by atoms with Gasteiger partial charge >= 0.3 is 0 Å². The average Bonchev–Trinajstić information content (AvgIpc) is 2.62. The third-order valence-corrected chi connectivity index (χ3v) is 4.02. The van der Waals surface area contributed by atoms with Crippen LogP contribution in [0.3, 0.4) is 0 Å². The van der Waals surface area contributed by atoms with E-state index in [1.54, 1.807) is 6.07 Å². The number of nitrogens with zero attached hydrogens (tertiary/aromatic N) is 1. The second kappa shape index (κ2) is 6.99. The van der Waals surface area contributed by atoms with Crippen LogP contribution in [0.25, 0.3) is 33.3 Å². The first-order valence-corrected chi connectivity index (χ1v) is 7.63. The van der Waals surface area contributed by atoms with E-state index in [0.717, 1.165) is 16.5 Å². The highest BCUT2D eigenvalue weighted by atomic mass is 35.5. The van der Waals surface area contributed by atoms with E-state index in [1.807, 2.05) is 54.6 Å². The molecule has 0 spiro atoms. The van der Waals surface area contributed by atoms with E-state index in [1.165, 1.54) is 18.2 Å². The van der Waals surface area contributed by atoms with Crippen molar-refractivity contribution in [3.8, 4) is 22.4 Å². The van der Waals surface area contributed by atoms with E-state index in [2.05, 4.69) is 4.98 Å². The summed E-state index contributed by atoms with van der Waals surface area (Å²) in [6.07, 6.45) is 0. The summed E-state index contributed by atoms with van der Waals surface area (Å²) in [4.78, 5) is 4.47. The standard InChI is InChI=1S/C21H13F2N.ClH/c22-17-10-6-11-18(23)21(17)20-13-16(14-7-2-1-3-8-14)15-9-4-5-12-19(15)24-20;/h1-13H;1H. The minimum atomic E-state index is -0.614. The first kappa shape index (κ1) is 17.1. The molecule has 4 heteroatoms. The van der Waals surface area contributed by atoms with Crippen LogP contribution in [0.15, 0.2) is 78.9 Å². The van der Waals surface area contributed by atoms with Gasteiger partial charge in [0.1, 0.15) is 11.6 Å². The van der Waals surface area contributed by atoms with Gasteiger partial charge in [0.05, 0.1) is 16.8 Å². The second-order valence-electron chi connectivity index (χ2n) is 5.53. The Balaban J connectivity index is 0.00000182. The lowest BCUT2D eigenvalue weighted by Crippen LogP contribution is -1.95. The predicted molar refractivity (Wildman–Crippen MR) is 99.8 cm³/mol. The Kier molecular flexibility index (Phi) is 4.77. The van der Waals surface area contributed by atoms with Crippen molar-refractivity contribution in [1.29, 1.82) is 0 Å². The Morgan fingerprint density at radius 1 is 0.680 bits per heavy atom. The molecule has 0 saturated heterocycles. The lowest BCUT2D eigenvalue weighted by Gasteiger charge is -2.11. The van der Waals surface area contributed by atoms with Crippen molar-refractivity contribution in [2.24, 2.45) is 0 Å². The molecule has 4 aromatic rings. The molecule has 0 N–H and O–H groups in total. The Morgan fingerprint density at radius 2 is 1.32 bits per heavy atom. The van der Waals surface area contributed by atoms with Gasteiger partial charge in [-0.3, -0.25) is 0 Å². The van der Waals surface area contributed by atoms with E-state index >= 15 is 0 Å². The summed E-state index contributed by atoms with van der Waals surface area (Å²) in [7, 11) is 0. The van der Waals surface area contributed by atoms with Crippen molar-refractivity contribution in [3.05, 3.63) is 90.5 Å². The normalized spacial score (nSPS) is 10.5. The molecule has 0 radical (unpaired) electrons. The fraction of sp³-hybridized carbons (Fsp3) is 0. The molecule has 4 rings (SSSR count). The van der Waals surface area contributed by atoms with Crippen LogP contribution in [0.2, 0.25) is 0 Å². The largest absolute Gasteiger partial charge is 0.248 e. The van der Waals surface area contributed by atoms with Crippen LogP contribution in [0, 0.1) is 11.6 Å². The molecule has 0 aliphatic heterocycles.